The second kappa shape index (κ2) is 9.26. The van der Waals surface area contributed by atoms with E-state index < -0.39 is 0 Å². The first kappa shape index (κ1) is 19.7. The average Bonchev–Trinajstić information content (AvgIpc) is 3.19. The first-order valence-electron chi connectivity index (χ1n) is 9.38. The number of amides is 1. The van der Waals surface area contributed by atoms with Crippen molar-refractivity contribution in [2.45, 2.75) is 25.7 Å². The summed E-state index contributed by atoms with van der Waals surface area (Å²) in [6, 6.07) is 11.8. The Morgan fingerprint density at radius 1 is 1.00 bits per heavy atom. The summed E-state index contributed by atoms with van der Waals surface area (Å²) in [7, 11) is 4.66. The number of benzene rings is 2. The number of oxime groups is 1. The number of aryl methyl sites for hydroxylation is 2. The Balaban J connectivity index is 1.64. The van der Waals surface area contributed by atoms with E-state index in [0.717, 1.165) is 30.4 Å². The van der Waals surface area contributed by atoms with Crippen molar-refractivity contribution in [3.05, 3.63) is 58.7 Å². The van der Waals surface area contributed by atoms with Crippen molar-refractivity contribution in [2.75, 3.05) is 27.9 Å². The molecular formula is C22H26N2O4. The van der Waals surface area contributed by atoms with E-state index in [1.165, 1.54) is 18.2 Å². The van der Waals surface area contributed by atoms with Gasteiger partial charge in [0.1, 0.15) is 7.11 Å². The average molecular weight is 382 g/mol. The first-order valence-corrected chi connectivity index (χ1v) is 9.38. The monoisotopic (exact) mass is 382 g/mol. The largest absolute Gasteiger partial charge is 0.493 e. The molecule has 2 aromatic rings. The van der Waals surface area contributed by atoms with Gasteiger partial charge in [0.15, 0.2) is 17.2 Å². The minimum Gasteiger partial charge on any atom is -0.493 e. The predicted octanol–water partition coefficient (Wildman–Crippen LogP) is 2.90. The quantitative estimate of drug-likeness (QED) is 0.563. The Bertz CT molecular complexity index is 877. The molecule has 0 radical (unpaired) electrons. The van der Waals surface area contributed by atoms with Crippen LogP contribution in [0.2, 0.25) is 0 Å². The van der Waals surface area contributed by atoms with Gasteiger partial charge >= 0.3 is 0 Å². The molecule has 1 aliphatic rings. The van der Waals surface area contributed by atoms with Gasteiger partial charge in [-0.2, -0.15) is 0 Å². The van der Waals surface area contributed by atoms with Crippen LogP contribution in [0.5, 0.6) is 11.5 Å². The van der Waals surface area contributed by atoms with Gasteiger partial charge in [0.05, 0.1) is 14.2 Å². The molecule has 0 fully saturated rings. The van der Waals surface area contributed by atoms with E-state index in [2.05, 4.69) is 16.5 Å². The Hall–Kier alpha value is -3.02. The number of rotatable bonds is 8. The second-order valence-corrected chi connectivity index (χ2v) is 6.65. The summed E-state index contributed by atoms with van der Waals surface area (Å²) in [6.45, 7) is 0.474. The zero-order valence-corrected chi connectivity index (χ0v) is 16.6. The minimum atomic E-state index is -0.250. The fourth-order valence-corrected chi connectivity index (χ4v) is 3.48. The molecule has 0 spiro atoms. The Labute approximate surface area is 165 Å². The molecule has 0 saturated heterocycles. The molecule has 6 nitrogen and oxygen atoms in total. The molecule has 0 aromatic heterocycles. The van der Waals surface area contributed by atoms with Gasteiger partial charge < -0.3 is 19.6 Å². The number of nitrogens with zero attached hydrogens (tertiary/aromatic N) is 1. The summed E-state index contributed by atoms with van der Waals surface area (Å²) in [5.41, 5.74) is 4.77. The molecule has 0 unspecified atom stereocenters. The zero-order chi connectivity index (χ0) is 19.9. The van der Waals surface area contributed by atoms with Crippen LogP contribution in [-0.2, 0) is 28.9 Å². The number of fused-ring (bicyclic) bond motifs is 1. The van der Waals surface area contributed by atoms with Crippen LogP contribution in [0.25, 0.3) is 0 Å². The van der Waals surface area contributed by atoms with Gasteiger partial charge in [-0.15, -0.1) is 0 Å². The number of carbonyl (C=O) groups is 1. The molecule has 148 valence electrons. The first-order chi connectivity index (χ1) is 13.7. The Morgan fingerprint density at radius 2 is 1.79 bits per heavy atom. The van der Waals surface area contributed by atoms with Gasteiger partial charge in [0.25, 0.3) is 5.91 Å². The highest BCUT2D eigenvalue weighted by Gasteiger charge is 2.18. The molecule has 0 bridgehead atoms. The molecular weight excluding hydrogens is 356 g/mol. The van der Waals surface area contributed by atoms with Crippen molar-refractivity contribution in [3.63, 3.8) is 0 Å². The Kier molecular flexibility index (Phi) is 6.53. The molecule has 28 heavy (non-hydrogen) atoms. The van der Waals surface area contributed by atoms with Gasteiger partial charge in [-0.1, -0.05) is 23.4 Å². The summed E-state index contributed by atoms with van der Waals surface area (Å²) < 4.78 is 10.6. The second-order valence-electron chi connectivity index (χ2n) is 6.65. The molecule has 0 saturated carbocycles. The number of ether oxygens (including phenoxy) is 2. The molecule has 0 atom stereocenters. The molecule has 0 heterocycles. The molecule has 1 N–H and O–H groups in total. The standard InChI is InChI=1S/C22H26N2O4/c1-26-19-10-7-15(13-20(19)27-2)11-12-23-22(25)21(24-28-3)18-9-8-16-5-4-6-17(16)14-18/h7-10,13-14H,4-6,11-12H2,1-3H3,(H,23,25)/b24-21-. The van der Waals surface area contributed by atoms with Crippen molar-refractivity contribution in [1.29, 1.82) is 0 Å². The Morgan fingerprint density at radius 3 is 2.54 bits per heavy atom. The fraction of sp³-hybridized carbons (Fsp3) is 0.364. The van der Waals surface area contributed by atoms with Crippen LogP contribution in [-0.4, -0.2) is 39.5 Å². The third-order valence-corrected chi connectivity index (χ3v) is 4.92. The molecule has 0 aliphatic heterocycles. The summed E-state index contributed by atoms with van der Waals surface area (Å²) in [4.78, 5) is 17.6. The molecule has 1 aliphatic carbocycles. The van der Waals surface area contributed by atoms with E-state index in [9.17, 15) is 4.79 Å². The van der Waals surface area contributed by atoms with E-state index >= 15 is 0 Å². The van der Waals surface area contributed by atoms with Crippen LogP contribution in [0, 0.1) is 0 Å². The SMILES string of the molecule is CO/N=C(\C(=O)NCCc1ccc(OC)c(OC)c1)c1ccc2c(c1)CCC2. The van der Waals surface area contributed by atoms with Crippen molar-refractivity contribution < 1.29 is 19.1 Å². The maximum absolute atomic E-state index is 12.7. The van der Waals surface area contributed by atoms with Crippen molar-refractivity contribution in [3.8, 4) is 11.5 Å². The molecule has 3 rings (SSSR count). The van der Waals surface area contributed by atoms with Gasteiger partial charge in [-0.25, -0.2) is 0 Å². The lowest BCUT2D eigenvalue weighted by atomic mass is 10.0. The highest BCUT2D eigenvalue weighted by Crippen LogP contribution is 2.27. The molecule has 1 amide bonds. The van der Waals surface area contributed by atoms with Gasteiger partial charge in [0.2, 0.25) is 0 Å². The number of carbonyl (C=O) groups excluding carboxylic acids is 1. The molecule has 6 heteroatoms. The smallest absolute Gasteiger partial charge is 0.273 e. The van der Waals surface area contributed by atoms with Crippen LogP contribution in [0.1, 0.15) is 28.7 Å². The van der Waals surface area contributed by atoms with Crippen LogP contribution in [0.15, 0.2) is 41.6 Å². The van der Waals surface area contributed by atoms with Gasteiger partial charge in [-0.3, -0.25) is 4.79 Å². The van der Waals surface area contributed by atoms with Crippen LogP contribution in [0.3, 0.4) is 0 Å². The number of hydrogen-bond donors (Lipinski definition) is 1. The third kappa shape index (κ3) is 4.44. The maximum Gasteiger partial charge on any atom is 0.273 e. The van der Waals surface area contributed by atoms with Crippen molar-refractivity contribution in [2.24, 2.45) is 5.16 Å². The topological polar surface area (TPSA) is 69.2 Å². The number of methoxy groups -OCH3 is 2. The lowest BCUT2D eigenvalue weighted by Gasteiger charge is -2.11. The summed E-state index contributed by atoms with van der Waals surface area (Å²) in [5, 5.41) is 6.89. The summed E-state index contributed by atoms with van der Waals surface area (Å²) in [6.07, 6.45) is 3.97. The van der Waals surface area contributed by atoms with E-state index in [0.29, 0.717) is 30.2 Å². The highest BCUT2D eigenvalue weighted by molar-refractivity contribution is 6.45. The van der Waals surface area contributed by atoms with Gasteiger partial charge in [0, 0.05) is 12.1 Å². The molecule has 2 aromatic carbocycles. The number of nitrogens with one attached hydrogen (secondary N) is 1. The highest BCUT2D eigenvalue weighted by atomic mass is 16.6. The van der Waals surface area contributed by atoms with Crippen LogP contribution < -0.4 is 14.8 Å². The number of hydrogen-bond acceptors (Lipinski definition) is 5. The van der Waals surface area contributed by atoms with Gasteiger partial charge in [-0.05, 0) is 60.6 Å². The van der Waals surface area contributed by atoms with E-state index in [4.69, 9.17) is 14.3 Å². The normalized spacial score (nSPS) is 13.0. The minimum absolute atomic E-state index is 0.250. The third-order valence-electron chi connectivity index (χ3n) is 4.92. The summed E-state index contributed by atoms with van der Waals surface area (Å²) in [5.74, 6) is 1.10. The zero-order valence-electron chi connectivity index (χ0n) is 16.6. The fourth-order valence-electron chi connectivity index (χ4n) is 3.48. The van der Waals surface area contributed by atoms with Crippen molar-refractivity contribution in [1.82, 2.24) is 5.32 Å². The lowest BCUT2D eigenvalue weighted by molar-refractivity contribution is -0.114. The predicted molar refractivity (Wildman–Crippen MR) is 108 cm³/mol. The van der Waals surface area contributed by atoms with E-state index in [-0.39, 0.29) is 5.91 Å². The van der Waals surface area contributed by atoms with E-state index in [1.54, 1.807) is 14.2 Å². The van der Waals surface area contributed by atoms with Crippen molar-refractivity contribution >= 4 is 11.6 Å². The lowest BCUT2D eigenvalue weighted by Crippen LogP contribution is -2.33. The maximum atomic E-state index is 12.7. The van der Waals surface area contributed by atoms with Crippen LogP contribution in [0.4, 0.5) is 0 Å². The van der Waals surface area contributed by atoms with E-state index in [1.807, 2.05) is 30.3 Å². The van der Waals surface area contributed by atoms with Crippen LogP contribution >= 0.6 is 0 Å². The summed E-state index contributed by atoms with van der Waals surface area (Å²) >= 11 is 0.